The van der Waals surface area contributed by atoms with E-state index in [2.05, 4.69) is 30.8 Å². The number of anilines is 1. The molecule has 0 spiro atoms. The van der Waals surface area contributed by atoms with Crippen LogP contribution in [0.1, 0.15) is 49.5 Å². The van der Waals surface area contributed by atoms with Gasteiger partial charge in [0.15, 0.2) is 0 Å². The van der Waals surface area contributed by atoms with E-state index in [9.17, 15) is 13.2 Å². The van der Waals surface area contributed by atoms with Gasteiger partial charge in [-0.05, 0) is 48.1 Å². The summed E-state index contributed by atoms with van der Waals surface area (Å²) in [6.07, 6.45) is 1.92. The third kappa shape index (κ3) is 5.36. The summed E-state index contributed by atoms with van der Waals surface area (Å²) < 4.78 is 33.7. The van der Waals surface area contributed by atoms with Crippen LogP contribution < -0.4 is 10.0 Å². The third-order valence-corrected chi connectivity index (χ3v) is 6.34. The van der Waals surface area contributed by atoms with Crippen molar-refractivity contribution in [1.82, 2.24) is 5.32 Å². The second-order valence-corrected chi connectivity index (χ2v) is 9.95. The van der Waals surface area contributed by atoms with Gasteiger partial charge < -0.3 is 10.1 Å². The number of ether oxygens (including phenoxy) is 1. The Kier molecular flexibility index (Phi) is 6.29. The van der Waals surface area contributed by atoms with Gasteiger partial charge in [-0.2, -0.15) is 0 Å². The molecule has 2 N–H and O–H groups in total. The number of hydrogen-bond donors (Lipinski definition) is 2. The summed E-state index contributed by atoms with van der Waals surface area (Å²) in [5.41, 5.74) is 1.51. The minimum atomic E-state index is -3.82. The number of nitrogens with one attached hydrogen (secondary N) is 2. The van der Waals surface area contributed by atoms with Crippen LogP contribution in [0.25, 0.3) is 0 Å². The molecule has 2 aromatic rings. The fourth-order valence-corrected chi connectivity index (χ4v) is 4.29. The van der Waals surface area contributed by atoms with Crippen molar-refractivity contribution < 1.29 is 17.9 Å². The van der Waals surface area contributed by atoms with Gasteiger partial charge in [-0.15, -0.1) is 0 Å². The van der Waals surface area contributed by atoms with E-state index in [1.54, 1.807) is 36.4 Å². The number of rotatable bonds is 6. The Balaban J connectivity index is 1.76. The lowest BCUT2D eigenvalue weighted by molar-refractivity contribution is 0.0858. The van der Waals surface area contributed by atoms with Crippen LogP contribution in [0.5, 0.6) is 0 Å². The first-order valence-electron chi connectivity index (χ1n) is 9.79. The molecular formula is C22H28N2O4S. The summed E-state index contributed by atoms with van der Waals surface area (Å²) in [6, 6.07) is 13.4. The second kappa shape index (κ2) is 8.55. The lowest BCUT2D eigenvalue weighted by Crippen LogP contribution is -2.32. The molecule has 0 bridgehead atoms. The van der Waals surface area contributed by atoms with Gasteiger partial charge in [-0.3, -0.25) is 9.52 Å². The van der Waals surface area contributed by atoms with E-state index in [0.717, 1.165) is 18.4 Å². The first kappa shape index (κ1) is 21.3. The fraction of sp³-hybridized carbons (Fsp3) is 0.409. The molecule has 1 atom stereocenters. The van der Waals surface area contributed by atoms with Crippen molar-refractivity contribution in [3.05, 3.63) is 59.7 Å². The maximum atomic E-state index is 12.8. The Morgan fingerprint density at radius 3 is 2.41 bits per heavy atom. The molecule has 3 rings (SSSR count). The van der Waals surface area contributed by atoms with E-state index in [4.69, 9.17) is 4.74 Å². The average Bonchev–Trinajstić information content (AvgIpc) is 3.19. The van der Waals surface area contributed by atoms with Gasteiger partial charge in [0.05, 0.1) is 22.3 Å². The summed E-state index contributed by atoms with van der Waals surface area (Å²) in [5.74, 6) is -0.332. The van der Waals surface area contributed by atoms with Crippen LogP contribution in [0, 0.1) is 0 Å². The van der Waals surface area contributed by atoms with Gasteiger partial charge in [-0.25, -0.2) is 8.42 Å². The summed E-state index contributed by atoms with van der Waals surface area (Å²) >= 11 is 0. The molecule has 1 aliphatic rings. The van der Waals surface area contributed by atoms with Crippen LogP contribution >= 0.6 is 0 Å². The maximum Gasteiger partial charge on any atom is 0.261 e. The highest BCUT2D eigenvalue weighted by atomic mass is 32.2. The van der Waals surface area contributed by atoms with Gasteiger partial charge in [0.25, 0.3) is 15.9 Å². The standard InChI is InChI=1S/C22H28N2O4S/c1-22(2,3)16-10-12-18(13-11-16)29(26,27)24-20-9-5-4-8-19(20)21(25)23-15-17-7-6-14-28-17/h4-5,8-13,17,24H,6-7,14-15H2,1-3H3,(H,23,25)/t17-/m0/s1. The molecule has 0 radical (unpaired) electrons. The van der Waals surface area contributed by atoms with E-state index in [0.29, 0.717) is 13.2 Å². The number of carbonyl (C=O) groups excluding carboxylic acids is 1. The molecule has 1 aliphatic heterocycles. The normalized spacial score (nSPS) is 17.1. The van der Waals surface area contributed by atoms with Crippen LogP contribution in [0.4, 0.5) is 5.69 Å². The van der Waals surface area contributed by atoms with Gasteiger partial charge in [-0.1, -0.05) is 45.0 Å². The van der Waals surface area contributed by atoms with Gasteiger partial charge in [0.2, 0.25) is 0 Å². The van der Waals surface area contributed by atoms with E-state index >= 15 is 0 Å². The number of sulfonamides is 1. The number of hydrogen-bond acceptors (Lipinski definition) is 4. The minimum absolute atomic E-state index is 0.0177. The molecule has 1 heterocycles. The van der Waals surface area contributed by atoms with Crippen molar-refractivity contribution in [2.75, 3.05) is 17.9 Å². The van der Waals surface area contributed by atoms with Crippen LogP contribution in [0.15, 0.2) is 53.4 Å². The number of carbonyl (C=O) groups is 1. The smallest absolute Gasteiger partial charge is 0.261 e. The van der Waals surface area contributed by atoms with Crippen LogP contribution in [-0.4, -0.2) is 33.6 Å². The molecular weight excluding hydrogens is 388 g/mol. The zero-order valence-corrected chi connectivity index (χ0v) is 17.9. The van der Waals surface area contributed by atoms with E-state index in [1.807, 2.05) is 12.1 Å². The van der Waals surface area contributed by atoms with E-state index in [1.165, 1.54) is 0 Å². The molecule has 1 fully saturated rings. The Labute approximate surface area is 172 Å². The molecule has 6 nitrogen and oxygen atoms in total. The Morgan fingerprint density at radius 2 is 1.79 bits per heavy atom. The minimum Gasteiger partial charge on any atom is -0.376 e. The molecule has 1 amide bonds. The topological polar surface area (TPSA) is 84.5 Å². The maximum absolute atomic E-state index is 12.8. The summed E-state index contributed by atoms with van der Waals surface area (Å²) in [5, 5.41) is 2.83. The Morgan fingerprint density at radius 1 is 1.10 bits per heavy atom. The number of para-hydroxylation sites is 1. The molecule has 7 heteroatoms. The van der Waals surface area contributed by atoms with Crippen molar-refractivity contribution >= 4 is 21.6 Å². The molecule has 0 unspecified atom stereocenters. The highest BCUT2D eigenvalue weighted by molar-refractivity contribution is 7.92. The second-order valence-electron chi connectivity index (χ2n) is 8.27. The zero-order valence-electron chi connectivity index (χ0n) is 17.1. The molecule has 0 saturated carbocycles. The Hall–Kier alpha value is -2.38. The van der Waals surface area contributed by atoms with Crippen molar-refractivity contribution in [3.8, 4) is 0 Å². The van der Waals surface area contributed by atoms with Crippen LogP contribution in [-0.2, 0) is 20.2 Å². The quantitative estimate of drug-likeness (QED) is 0.752. The number of benzene rings is 2. The van der Waals surface area contributed by atoms with Gasteiger partial charge in [0, 0.05) is 13.2 Å². The summed E-state index contributed by atoms with van der Waals surface area (Å²) in [7, 11) is -3.82. The Bertz CT molecular complexity index is 957. The lowest BCUT2D eigenvalue weighted by Gasteiger charge is -2.19. The monoisotopic (exact) mass is 416 g/mol. The molecule has 29 heavy (non-hydrogen) atoms. The van der Waals surface area contributed by atoms with E-state index < -0.39 is 10.0 Å². The molecule has 0 aliphatic carbocycles. The summed E-state index contributed by atoms with van der Waals surface area (Å²) in [4.78, 5) is 12.8. The third-order valence-electron chi connectivity index (χ3n) is 4.96. The van der Waals surface area contributed by atoms with Gasteiger partial charge in [0.1, 0.15) is 0 Å². The van der Waals surface area contributed by atoms with Crippen molar-refractivity contribution in [2.24, 2.45) is 0 Å². The lowest BCUT2D eigenvalue weighted by atomic mass is 9.87. The van der Waals surface area contributed by atoms with Crippen molar-refractivity contribution in [2.45, 2.75) is 50.0 Å². The number of amides is 1. The van der Waals surface area contributed by atoms with Gasteiger partial charge >= 0.3 is 0 Å². The average molecular weight is 417 g/mol. The molecule has 1 saturated heterocycles. The predicted octanol–water partition coefficient (Wildman–Crippen LogP) is 3.69. The largest absolute Gasteiger partial charge is 0.376 e. The highest BCUT2D eigenvalue weighted by Gasteiger charge is 2.21. The predicted molar refractivity (Wildman–Crippen MR) is 114 cm³/mol. The van der Waals surface area contributed by atoms with E-state index in [-0.39, 0.29) is 33.6 Å². The highest BCUT2D eigenvalue weighted by Crippen LogP contribution is 2.25. The van der Waals surface area contributed by atoms with Crippen molar-refractivity contribution in [1.29, 1.82) is 0 Å². The first-order valence-corrected chi connectivity index (χ1v) is 11.3. The van der Waals surface area contributed by atoms with Crippen LogP contribution in [0.3, 0.4) is 0 Å². The molecule has 0 aromatic heterocycles. The molecule has 156 valence electrons. The molecule has 2 aromatic carbocycles. The first-order chi connectivity index (χ1) is 13.7. The SMILES string of the molecule is CC(C)(C)c1ccc(S(=O)(=O)Nc2ccccc2C(=O)NC[C@@H]2CCCO2)cc1. The summed E-state index contributed by atoms with van der Waals surface area (Å²) in [6.45, 7) is 7.33. The van der Waals surface area contributed by atoms with Crippen LogP contribution in [0.2, 0.25) is 0 Å². The zero-order chi connectivity index (χ0) is 21.1. The van der Waals surface area contributed by atoms with Crippen molar-refractivity contribution in [3.63, 3.8) is 0 Å². The fourth-order valence-electron chi connectivity index (χ4n) is 3.21.